The molecule has 2 rings (SSSR count). The molecular weight excluding hydrogens is 420 g/mol. The number of carbonyl (C=O) groups is 1. The fraction of sp³-hybridized carbons (Fsp3) is 0.188. The summed E-state index contributed by atoms with van der Waals surface area (Å²) in [5.41, 5.74) is 2.92. The summed E-state index contributed by atoms with van der Waals surface area (Å²) in [6.45, 7) is 2.41. The number of nitrogens with one attached hydrogen (secondary N) is 2. The number of carbonyl (C=O) groups excluding carboxylic acids is 1. The summed E-state index contributed by atoms with van der Waals surface area (Å²) in [7, 11) is 0. The average molecular weight is 434 g/mol. The topological polar surface area (TPSA) is 41.1 Å². The highest BCUT2D eigenvalue weighted by molar-refractivity contribution is 14.1. The van der Waals surface area contributed by atoms with E-state index >= 15 is 0 Å². The zero-order valence-corrected chi connectivity index (χ0v) is 14.3. The van der Waals surface area contributed by atoms with Gasteiger partial charge in [0, 0.05) is 21.5 Å². The second kappa shape index (κ2) is 7.20. The van der Waals surface area contributed by atoms with Crippen LogP contribution >= 0.6 is 22.6 Å². The zero-order valence-electron chi connectivity index (χ0n) is 12.2. The predicted octanol–water partition coefficient (Wildman–Crippen LogP) is 4.71. The summed E-state index contributed by atoms with van der Waals surface area (Å²) in [6.07, 6.45) is -4.90. The highest BCUT2D eigenvalue weighted by Crippen LogP contribution is 2.21. The SMILES string of the molecule is Cc1ccc(I)cc1NCc1cccc(NC(=O)C(F)(F)F)c1. The minimum Gasteiger partial charge on any atom is -0.381 e. The van der Waals surface area contributed by atoms with Gasteiger partial charge in [-0.3, -0.25) is 4.79 Å². The summed E-state index contributed by atoms with van der Waals surface area (Å²) in [5, 5.41) is 5.09. The third kappa shape index (κ3) is 5.12. The van der Waals surface area contributed by atoms with E-state index in [1.807, 2.05) is 30.4 Å². The van der Waals surface area contributed by atoms with Crippen molar-refractivity contribution in [1.29, 1.82) is 0 Å². The highest BCUT2D eigenvalue weighted by Gasteiger charge is 2.38. The van der Waals surface area contributed by atoms with Crippen molar-refractivity contribution in [3.63, 3.8) is 0 Å². The van der Waals surface area contributed by atoms with E-state index < -0.39 is 12.1 Å². The van der Waals surface area contributed by atoms with E-state index in [-0.39, 0.29) is 5.69 Å². The number of hydrogen-bond donors (Lipinski definition) is 2. The second-order valence-electron chi connectivity index (χ2n) is 4.97. The molecule has 0 heterocycles. The van der Waals surface area contributed by atoms with Gasteiger partial charge in [-0.25, -0.2) is 0 Å². The molecule has 0 saturated heterocycles. The van der Waals surface area contributed by atoms with E-state index in [1.54, 1.807) is 12.1 Å². The summed E-state index contributed by atoms with van der Waals surface area (Å²) >= 11 is 2.21. The predicted molar refractivity (Wildman–Crippen MR) is 92.3 cm³/mol. The van der Waals surface area contributed by atoms with Crippen LogP contribution in [0.5, 0.6) is 0 Å². The fourth-order valence-corrected chi connectivity index (χ4v) is 2.43. The van der Waals surface area contributed by atoms with Gasteiger partial charge in [-0.2, -0.15) is 13.2 Å². The van der Waals surface area contributed by atoms with Crippen molar-refractivity contribution in [2.24, 2.45) is 0 Å². The first-order valence-electron chi connectivity index (χ1n) is 6.73. The molecule has 0 spiro atoms. The van der Waals surface area contributed by atoms with Crippen LogP contribution in [-0.4, -0.2) is 12.1 Å². The van der Waals surface area contributed by atoms with Crippen LogP contribution in [-0.2, 0) is 11.3 Å². The molecule has 0 aromatic heterocycles. The lowest BCUT2D eigenvalue weighted by molar-refractivity contribution is -0.167. The van der Waals surface area contributed by atoms with Crippen LogP contribution in [0, 0.1) is 10.5 Å². The normalized spacial score (nSPS) is 11.2. The number of alkyl halides is 3. The van der Waals surface area contributed by atoms with Gasteiger partial charge >= 0.3 is 12.1 Å². The van der Waals surface area contributed by atoms with Crippen LogP contribution in [0.25, 0.3) is 0 Å². The molecule has 0 unspecified atom stereocenters. The molecule has 2 aromatic rings. The van der Waals surface area contributed by atoms with Crippen molar-refractivity contribution in [2.45, 2.75) is 19.6 Å². The number of anilines is 2. The second-order valence-corrected chi connectivity index (χ2v) is 6.21. The minimum atomic E-state index is -4.90. The lowest BCUT2D eigenvalue weighted by Gasteiger charge is -2.12. The van der Waals surface area contributed by atoms with Crippen molar-refractivity contribution >= 4 is 39.9 Å². The van der Waals surface area contributed by atoms with Gasteiger partial charge in [-0.1, -0.05) is 18.2 Å². The van der Waals surface area contributed by atoms with Crippen molar-refractivity contribution in [3.8, 4) is 0 Å². The van der Waals surface area contributed by atoms with E-state index in [4.69, 9.17) is 0 Å². The molecule has 2 N–H and O–H groups in total. The Morgan fingerprint density at radius 3 is 2.61 bits per heavy atom. The number of hydrogen-bond acceptors (Lipinski definition) is 2. The van der Waals surface area contributed by atoms with Crippen molar-refractivity contribution in [3.05, 3.63) is 57.2 Å². The highest BCUT2D eigenvalue weighted by atomic mass is 127. The minimum absolute atomic E-state index is 0.117. The van der Waals surface area contributed by atoms with Crippen LogP contribution in [0.1, 0.15) is 11.1 Å². The molecule has 0 atom stereocenters. The molecule has 0 saturated carbocycles. The molecule has 0 bridgehead atoms. The van der Waals surface area contributed by atoms with Crippen molar-refractivity contribution in [1.82, 2.24) is 0 Å². The van der Waals surface area contributed by atoms with Gasteiger partial charge in [-0.05, 0) is 64.9 Å². The van der Waals surface area contributed by atoms with Crippen LogP contribution in [0.3, 0.4) is 0 Å². The molecule has 0 aliphatic carbocycles. The Balaban J connectivity index is 2.05. The lowest BCUT2D eigenvalue weighted by Crippen LogP contribution is -2.29. The molecule has 3 nitrogen and oxygen atoms in total. The Labute approximate surface area is 145 Å². The molecule has 1 amide bonds. The number of benzene rings is 2. The Bertz CT molecular complexity index is 717. The molecule has 0 fully saturated rings. The van der Waals surface area contributed by atoms with E-state index in [9.17, 15) is 18.0 Å². The third-order valence-corrected chi connectivity index (χ3v) is 3.80. The fourth-order valence-electron chi connectivity index (χ4n) is 1.94. The molecule has 2 aromatic carbocycles. The summed E-state index contributed by atoms with van der Waals surface area (Å²) in [6, 6.07) is 12.3. The van der Waals surface area contributed by atoms with E-state index in [0.29, 0.717) is 6.54 Å². The van der Waals surface area contributed by atoms with Gasteiger partial charge in [0.2, 0.25) is 0 Å². The van der Waals surface area contributed by atoms with Crippen molar-refractivity contribution in [2.75, 3.05) is 10.6 Å². The third-order valence-electron chi connectivity index (χ3n) is 3.12. The summed E-state index contributed by atoms with van der Waals surface area (Å²) in [4.78, 5) is 11.0. The summed E-state index contributed by atoms with van der Waals surface area (Å²) in [5.74, 6) is -1.98. The first-order chi connectivity index (χ1) is 10.8. The Morgan fingerprint density at radius 1 is 1.17 bits per heavy atom. The van der Waals surface area contributed by atoms with E-state index in [1.165, 1.54) is 12.1 Å². The molecule has 122 valence electrons. The van der Waals surface area contributed by atoms with Gasteiger partial charge in [0.25, 0.3) is 0 Å². The van der Waals surface area contributed by atoms with Crippen LogP contribution in [0.2, 0.25) is 0 Å². The Kier molecular flexibility index (Phi) is 5.51. The van der Waals surface area contributed by atoms with Crippen molar-refractivity contribution < 1.29 is 18.0 Å². The quantitative estimate of drug-likeness (QED) is 0.685. The van der Waals surface area contributed by atoms with Crippen LogP contribution in [0.4, 0.5) is 24.5 Å². The Morgan fingerprint density at radius 2 is 1.91 bits per heavy atom. The standard InChI is InChI=1S/C16H14F3IN2O/c1-10-5-6-12(20)8-14(10)21-9-11-3-2-4-13(7-11)22-15(23)16(17,18)19/h2-8,21H,9H2,1H3,(H,22,23). The molecule has 0 aliphatic rings. The van der Waals surface area contributed by atoms with Crippen LogP contribution < -0.4 is 10.6 Å². The lowest BCUT2D eigenvalue weighted by atomic mass is 10.1. The molecule has 0 aliphatic heterocycles. The smallest absolute Gasteiger partial charge is 0.381 e. The largest absolute Gasteiger partial charge is 0.471 e. The number of rotatable bonds is 4. The number of halogens is 4. The maximum Gasteiger partial charge on any atom is 0.471 e. The Hall–Kier alpha value is -1.77. The maximum atomic E-state index is 12.3. The maximum absolute atomic E-state index is 12.3. The van der Waals surface area contributed by atoms with E-state index in [0.717, 1.165) is 20.4 Å². The number of aryl methyl sites for hydroxylation is 1. The summed E-state index contributed by atoms with van der Waals surface area (Å²) < 4.78 is 37.9. The van der Waals surface area contributed by atoms with Gasteiger partial charge < -0.3 is 10.6 Å². The monoisotopic (exact) mass is 434 g/mol. The van der Waals surface area contributed by atoms with Gasteiger partial charge in [0.05, 0.1) is 0 Å². The average Bonchev–Trinajstić information content (AvgIpc) is 2.47. The number of amides is 1. The first kappa shape index (κ1) is 17.6. The zero-order chi connectivity index (χ0) is 17.0. The van der Waals surface area contributed by atoms with Gasteiger partial charge in [0.15, 0.2) is 0 Å². The van der Waals surface area contributed by atoms with E-state index in [2.05, 4.69) is 27.9 Å². The first-order valence-corrected chi connectivity index (χ1v) is 7.81. The molecule has 0 radical (unpaired) electrons. The van der Waals surface area contributed by atoms with Crippen LogP contribution in [0.15, 0.2) is 42.5 Å². The molecule has 23 heavy (non-hydrogen) atoms. The molecule has 7 heteroatoms. The van der Waals surface area contributed by atoms with Gasteiger partial charge in [0.1, 0.15) is 0 Å². The molecular formula is C16H14F3IN2O. The van der Waals surface area contributed by atoms with Gasteiger partial charge in [-0.15, -0.1) is 0 Å².